The number of hydrogen-bond acceptors (Lipinski definition) is 5. The van der Waals surface area contributed by atoms with E-state index in [2.05, 4.69) is 5.32 Å². The van der Waals surface area contributed by atoms with Gasteiger partial charge in [-0.05, 0) is 31.9 Å². The van der Waals surface area contributed by atoms with E-state index in [1.165, 1.54) is 0 Å². The van der Waals surface area contributed by atoms with Crippen LogP contribution in [-0.4, -0.2) is 62.8 Å². The minimum Gasteiger partial charge on any atom is -0.490 e. The first-order valence-corrected chi connectivity index (χ1v) is 9.04. The molecule has 1 fully saturated rings. The van der Waals surface area contributed by atoms with Gasteiger partial charge in [-0.3, -0.25) is 9.59 Å². The lowest BCUT2D eigenvalue weighted by Crippen LogP contribution is -2.47. The van der Waals surface area contributed by atoms with Crippen LogP contribution in [0.3, 0.4) is 0 Å². The van der Waals surface area contributed by atoms with Gasteiger partial charge in [-0.1, -0.05) is 12.1 Å². The summed E-state index contributed by atoms with van der Waals surface area (Å²) in [5.41, 5.74) is 0. The first kappa shape index (κ1) is 20.0. The number of nitrogens with one attached hydrogen (secondary N) is 1. The summed E-state index contributed by atoms with van der Waals surface area (Å²) in [5.74, 6) is 1.13. The zero-order valence-electron chi connectivity index (χ0n) is 15.5. The molecule has 0 bridgehead atoms. The van der Waals surface area contributed by atoms with Gasteiger partial charge >= 0.3 is 0 Å². The van der Waals surface area contributed by atoms with Gasteiger partial charge in [-0.2, -0.15) is 0 Å². The van der Waals surface area contributed by atoms with Crippen LogP contribution in [0.2, 0.25) is 0 Å². The molecule has 1 N–H and O–H groups in total. The third kappa shape index (κ3) is 6.22. The number of carbonyl (C=O) groups is 2. The van der Waals surface area contributed by atoms with E-state index in [0.717, 1.165) is 12.8 Å². The van der Waals surface area contributed by atoms with Crippen molar-refractivity contribution in [2.75, 3.05) is 40.0 Å². The van der Waals surface area contributed by atoms with Crippen LogP contribution in [-0.2, 0) is 14.3 Å². The minimum atomic E-state index is -0.166. The summed E-state index contributed by atoms with van der Waals surface area (Å²) in [7, 11) is 1.59. The number of carbonyl (C=O) groups excluding carboxylic acids is 2. The molecule has 1 aliphatic heterocycles. The fraction of sp³-hybridized carbons (Fsp3) is 0.579. The Hall–Kier alpha value is -2.28. The van der Waals surface area contributed by atoms with Crippen LogP contribution in [0.15, 0.2) is 24.3 Å². The molecule has 144 valence electrons. The van der Waals surface area contributed by atoms with Gasteiger partial charge in [-0.15, -0.1) is 0 Å². The summed E-state index contributed by atoms with van der Waals surface area (Å²) >= 11 is 0. The van der Waals surface area contributed by atoms with Crippen molar-refractivity contribution < 1.29 is 23.8 Å². The van der Waals surface area contributed by atoms with Crippen LogP contribution in [0.5, 0.6) is 11.5 Å². The third-order valence-corrected chi connectivity index (χ3v) is 4.24. The van der Waals surface area contributed by atoms with E-state index < -0.39 is 0 Å². The zero-order valence-corrected chi connectivity index (χ0v) is 15.5. The van der Waals surface area contributed by atoms with Crippen LogP contribution in [0.1, 0.15) is 26.2 Å². The fourth-order valence-corrected chi connectivity index (χ4v) is 2.88. The molecule has 1 aliphatic rings. The maximum atomic E-state index is 12.1. The van der Waals surface area contributed by atoms with Crippen molar-refractivity contribution in [2.24, 2.45) is 0 Å². The average Bonchev–Trinajstić information content (AvgIpc) is 2.66. The van der Waals surface area contributed by atoms with Gasteiger partial charge < -0.3 is 24.4 Å². The highest BCUT2D eigenvalue weighted by molar-refractivity contribution is 5.78. The van der Waals surface area contributed by atoms with Crippen molar-refractivity contribution in [3.63, 3.8) is 0 Å². The van der Waals surface area contributed by atoms with E-state index >= 15 is 0 Å². The topological polar surface area (TPSA) is 77.1 Å². The number of benzene rings is 1. The maximum Gasteiger partial charge on any atom is 0.258 e. The number of piperidine rings is 1. The summed E-state index contributed by atoms with van der Waals surface area (Å²) in [6.07, 6.45) is 1.90. The highest BCUT2D eigenvalue weighted by Crippen LogP contribution is 2.26. The third-order valence-electron chi connectivity index (χ3n) is 4.24. The second-order valence-corrected chi connectivity index (χ2v) is 6.13. The predicted molar refractivity (Wildman–Crippen MR) is 97.3 cm³/mol. The van der Waals surface area contributed by atoms with Crippen molar-refractivity contribution in [1.29, 1.82) is 0 Å². The molecule has 2 rings (SSSR count). The second kappa shape index (κ2) is 10.7. The molecule has 0 radical (unpaired) electrons. The van der Waals surface area contributed by atoms with Crippen LogP contribution in [0, 0.1) is 0 Å². The Morgan fingerprint density at radius 3 is 2.42 bits per heavy atom. The second-order valence-electron chi connectivity index (χ2n) is 6.13. The van der Waals surface area contributed by atoms with Crippen LogP contribution < -0.4 is 14.8 Å². The summed E-state index contributed by atoms with van der Waals surface area (Å²) in [6, 6.07) is 7.36. The Balaban J connectivity index is 1.72. The minimum absolute atomic E-state index is 0.0585. The van der Waals surface area contributed by atoms with Gasteiger partial charge in [0.05, 0.1) is 19.6 Å². The first-order chi connectivity index (χ1) is 12.6. The predicted octanol–water partition coefficient (Wildman–Crippen LogP) is 1.61. The fourth-order valence-electron chi connectivity index (χ4n) is 2.88. The Bertz CT molecular complexity index is 585. The number of hydrogen-bond donors (Lipinski definition) is 1. The normalized spacial score (nSPS) is 14.8. The Labute approximate surface area is 154 Å². The van der Waals surface area contributed by atoms with Gasteiger partial charge in [0.2, 0.25) is 5.91 Å². The monoisotopic (exact) mass is 364 g/mol. The van der Waals surface area contributed by atoms with Crippen molar-refractivity contribution >= 4 is 11.8 Å². The summed E-state index contributed by atoms with van der Waals surface area (Å²) in [5, 5.41) is 2.98. The lowest BCUT2D eigenvalue weighted by Gasteiger charge is -2.32. The highest BCUT2D eigenvalue weighted by Gasteiger charge is 2.23. The SMILES string of the molecule is CCOc1ccccc1OCC(=O)NC1CCN(C(=O)CCOC)CC1. The van der Waals surface area contributed by atoms with E-state index in [9.17, 15) is 9.59 Å². The van der Waals surface area contributed by atoms with Crippen molar-refractivity contribution in [3.8, 4) is 11.5 Å². The number of nitrogens with zero attached hydrogens (tertiary/aromatic N) is 1. The zero-order chi connectivity index (χ0) is 18.8. The standard InChI is InChI=1S/C19H28N2O5/c1-3-25-16-6-4-5-7-17(16)26-14-18(22)20-15-8-11-21(12-9-15)19(23)10-13-24-2/h4-7,15H,3,8-14H2,1-2H3,(H,20,22). The van der Waals surface area contributed by atoms with Gasteiger partial charge in [0.25, 0.3) is 5.91 Å². The molecule has 0 atom stereocenters. The largest absolute Gasteiger partial charge is 0.490 e. The highest BCUT2D eigenvalue weighted by atomic mass is 16.5. The number of para-hydroxylation sites is 2. The van der Waals surface area contributed by atoms with Crippen molar-refractivity contribution in [2.45, 2.75) is 32.2 Å². The summed E-state index contributed by atoms with van der Waals surface area (Å²) in [4.78, 5) is 25.9. The molecule has 7 heteroatoms. The van der Waals surface area contributed by atoms with E-state index in [4.69, 9.17) is 14.2 Å². The van der Waals surface area contributed by atoms with E-state index in [1.807, 2.05) is 30.0 Å². The molecule has 1 aromatic rings. The molecule has 26 heavy (non-hydrogen) atoms. The Morgan fingerprint density at radius 1 is 1.15 bits per heavy atom. The molecular weight excluding hydrogens is 336 g/mol. The molecule has 0 aromatic heterocycles. The quantitative estimate of drug-likeness (QED) is 0.720. The number of ether oxygens (including phenoxy) is 3. The molecule has 0 spiro atoms. The van der Waals surface area contributed by atoms with Crippen LogP contribution >= 0.6 is 0 Å². The summed E-state index contributed by atoms with van der Waals surface area (Å²) in [6.45, 7) is 4.13. The van der Waals surface area contributed by atoms with Gasteiger partial charge in [0, 0.05) is 26.2 Å². The van der Waals surface area contributed by atoms with Crippen molar-refractivity contribution in [1.82, 2.24) is 10.2 Å². The van der Waals surface area contributed by atoms with Gasteiger partial charge in [0.15, 0.2) is 18.1 Å². The number of amides is 2. The lowest BCUT2D eigenvalue weighted by atomic mass is 10.0. The first-order valence-electron chi connectivity index (χ1n) is 9.04. The molecule has 1 aromatic carbocycles. The van der Waals surface area contributed by atoms with E-state index in [-0.39, 0.29) is 24.5 Å². The van der Waals surface area contributed by atoms with E-state index in [0.29, 0.717) is 44.2 Å². The summed E-state index contributed by atoms with van der Waals surface area (Å²) < 4.78 is 16.0. The van der Waals surface area contributed by atoms with Crippen LogP contribution in [0.4, 0.5) is 0 Å². The van der Waals surface area contributed by atoms with Crippen molar-refractivity contribution in [3.05, 3.63) is 24.3 Å². The molecule has 7 nitrogen and oxygen atoms in total. The van der Waals surface area contributed by atoms with Gasteiger partial charge in [-0.25, -0.2) is 0 Å². The van der Waals surface area contributed by atoms with E-state index in [1.54, 1.807) is 13.2 Å². The maximum absolute atomic E-state index is 12.1. The van der Waals surface area contributed by atoms with Crippen LogP contribution in [0.25, 0.3) is 0 Å². The average molecular weight is 364 g/mol. The molecular formula is C19H28N2O5. The van der Waals surface area contributed by atoms with Gasteiger partial charge in [0.1, 0.15) is 0 Å². The lowest BCUT2D eigenvalue weighted by molar-refractivity contribution is -0.133. The molecule has 1 heterocycles. The Kier molecular flexibility index (Phi) is 8.21. The molecule has 2 amide bonds. The number of likely N-dealkylation sites (tertiary alicyclic amines) is 1. The Morgan fingerprint density at radius 2 is 1.81 bits per heavy atom. The molecule has 0 unspecified atom stereocenters. The number of rotatable bonds is 9. The molecule has 0 aliphatic carbocycles. The molecule has 0 saturated carbocycles. The smallest absolute Gasteiger partial charge is 0.258 e. The molecule has 1 saturated heterocycles. The number of methoxy groups -OCH3 is 1.